The normalized spacial score (nSPS) is 25.5. The molecule has 1 aliphatic heterocycles. The van der Waals surface area contributed by atoms with Crippen LogP contribution in [0.15, 0.2) is 0 Å². The minimum Gasteiger partial charge on any atom is -0.480 e. The molecule has 0 radical (unpaired) electrons. The molecule has 1 unspecified atom stereocenters. The Morgan fingerprint density at radius 1 is 1.42 bits per heavy atom. The molecule has 5 nitrogen and oxygen atoms in total. The largest absolute Gasteiger partial charge is 0.480 e. The first-order valence-electron chi connectivity index (χ1n) is 7.24. The minimum absolute atomic E-state index is 0.0657. The third-order valence-electron chi connectivity index (χ3n) is 4.29. The van der Waals surface area contributed by atoms with Gasteiger partial charge in [-0.25, -0.2) is 0 Å². The summed E-state index contributed by atoms with van der Waals surface area (Å²) < 4.78 is 11.3. The molecule has 1 N–H and O–H groups in total. The van der Waals surface area contributed by atoms with Crippen LogP contribution in [-0.2, 0) is 14.3 Å². The average Bonchev–Trinajstić information content (AvgIpc) is 2.97. The number of nitrogens with zero attached hydrogens (tertiary/aromatic N) is 1. The van der Waals surface area contributed by atoms with Crippen molar-refractivity contribution in [2.75, 3.05) is 33.4 Å². The summed E-state index contributed by atoms with van der Waals surface area (Å²) in [5.74, 6) is -0.787. The van der Waals surface area contributed by atoms with Gasteiger partial charge in [-0.05, 0) is 25.7 Å². The van der Waals surface area contributed by atoms with Gasteiger partial charge >= 0.3 is 5.97 Å². The van der Waals surface area contributed by atoms with E-state index in [1.807, 2.05) is 4.90 Å². The average molecular weight is 271 g/mol. The van der Waals surface area contributed by atoms with Crippen molar-refractivity contribution >= 4 is 5.97 Å². The molecule has 0 aromatic heterocycles. The molecule has 1 aliphatic carbocycles. The van der Waals surface area contributed by atoms with Gasteiger partial charge in [-0.15, -0.1) is 0 Å². The molecule has 5 heteroatoms. The van der Waals surface area contributed by atoms with Crippen molar-refractivity contribution in [3.8, 4) is 0 Å². The highest BCUT2D eigenvalue weighted by Crippen LogP contribution is 2.43. The highest BCUT2D eigenvalue weighted by molar-refractivity contribution is 5.69. The maximum Gasteiger partial charge on any atom is 0.317 e. The zero-order valence-corrected chi connectivity index (χ0v) is 11.8. The Bertz CT molecular complexity index is 302. The van der Waals surface area contributed by atoms with Gasteiger partial charge in [0, 0.05) is 20.2 Å². The van der Waals surface area contributed by atoms with Crippen molar-refractivity contribution in [1.82, 2.24) is 4.90 Å². The Morgan fingerprint density at radius 2 is 2.16 bits per heavy atom. The summed E-state index contributed by atoms with van der Waals surface area (Å²) in [4.78, 5) is 12.8. The molecule has 1 spiro atoms. The molecule has 1 saturated carbocycles. The Labute approximate surface area is 114 Å². The van der Waals surface area contributed by atoms with Crippen LogP contribution in [0.5, 0.6) is 0 Å². The molecule has 0 bridgehead atoms. The van der Waals surface area contributed by atoms with Crippen LogP contribution in [0.1, 0.15) is 38.5 Å². The lowest BCUT2D eigenvalue weighted by Crippen LogP contribution is -2.39. The van der Waals surface area contributed by atoms with Crippen molar-refractivity contribution in [2.45, 2.75) is 50.2 Å². The summed E-state index contributed by atoms with van der Waals surface area (Å²) in [5.41, 5.74) is 0.126. The summed E-state index contributed by atoms with van der Waals surface area (Å²) in [6.45, 7) is 1.98. The monoisotopic (exact) mass is 271 g/mol. The van der Waals surface area contributed by atoms with Gasteiger partial charge in [-0.3, -0.25) is 9.69 Å². The Kier molecular flexibility index (Phi) is 5.19. The van der Waals surface area contributed by atoms with Crippen LogP contribution in [0, 0.1) is 0 Å². The molecule has 19 heavy (non-hydrogen) atoms. The van der Waals surface area contributed by atoms with Crippen molar-refractivity contribution in [3.63, 3.8) is 0 Å². The number of rotatable bonds is 7. The number of ether oxygens (including phenoxy) is 2. The molecule has 2 aliphatic rings. The van der Waals surface area contributed by atoms with Gasteiger partial charge < -0.3 is 14.6 Å². The van der Waals surface area contributed by atoms with E-state index < -0.39 is 5.97 Å². The molecule has 0 aromatic rings. The number of hydrogen-bond donors (Lipinski definition) is 1. The number of hydrogen-bond acceptors (Lipinski definition) is 4. The highest BCUT2D eigenvalue weighted by atomic mass is 16.5. The van der Waals surface area contributed by atoms with Crippen LogP contribution in [0.2, 0.25) is 0 Å². The first kappa shape index (κ1) is 14.8. The Hall–Kier alpha value is -0.650. The molecular formula is C14H25NO4. The molecule has 0 aromatic carbocycles. The lowest BCUT2D eigenvalue weighted by atomic mass is 9.98. The molecular weight excluding hydrogens is 246 g/mol. The van der Waals surface area contributed by atoms with Crippen LogP contribution in [0.25, 0.3) is 0 Å². The number of carboxylic acids is 1. The summed E-state index contributed by atoms with van der Waals surface area (Å²) in [5, 5.41) is 8.94. The fraction of sp³-hybridized carbons (Fsp3) is 0.929. The second kappa shape index (κ2) is 6.68. The van der Waals surface area contributed by atoms with Gasteiger partial charge in [0.25, 0.3) is 0 Å². The smallest absolute Gasteiger partial charge is 0.317 e. The van der Waals surface area contributed by atoms with Gasteiger partial charge in [0.2, 0.25) is 0 Å². The molecule has 1 saturated heterocycles. The fourth-order valence-electron chi connectivity index (χ4n) is 3.35. The maximum absolute atomic E-state index is 10.9. The highest BCUT2D eigenvalue weighted by Gasteiger charge is 2.42. The van der Waals surface area contributed by atoms with Crippen LogP contribution >= 0.6 is 0 Å². The Balaban J connectivity index is 1.81. The number of aliphatic carboxylic acids is 1. The lowest BCUT2D eigenvalue weighted by molar-refractivity contribution is -0.139. The van der Waals surface area contributed by atoms with Crippen molar-refractivity contribution in [3.05, 3.63) is 0 Å². The molecule has 2 rings (SSSR count). The lowest BCUT2D eigenvalue weighted by Gasteiger charge is -2.27. The van der Waals surface area contributed by atoms with E-state index in [1.165, 1.54) is 25.7 Å². The first-order valence-corrected chi connectivity index (χ1v) is 7.24. The summed E-state index contributed by atoms with van der Waals surface area (Å²) >= 11 is 0. The summed E-state index contributed by atoms with van der Waals surface area (Å²) in [7, 11) is 1.64. The molecule has 2 fully saturated rings. The van der Waals surface area contributed by atoms with Gasteiger partial charge in [0.05, 0.1) is 24.9 Å². The predicted octanol–water partition coefficient (Wildman–Crippen LogP) is 1.51. The number of methoxy groups -OCH3 is 1. The van der Waals surface area contributed by atoms with E-state index in [4.69, 9.17) is 14.6 Å². The Morgan fingerprint density at radius 3 is 2.79 bits per heavy atom. The zero-order valence-electron chi connectivity index (χ0n) is 11.8. The standard InChI is InChI=1S/C14H25NO4/c1-18-9-8-15(11-13(16)17)10-12-4-7-14(19-12)5-2-3-6-14/h12H,2-11H2,1H3,(H,16,17). The topological polar surface area (TPSA) is 59.0 Å². The third kappa shape index (κ3) is 4.16. The van der Waals surface area contributed by atoms with E-state index in [9.17, 15) is 4.79 Å². The van der Waals surface area contributed by atoms with Crippen molar-refractivity contribution < 1.29 is 19.4 Å². The van der Waals surface area contributed by atoms with Crippen molar-refractivity contribution in [2.24, 2.45) is 0 Å². The molecule has 1 atom stereocenters. The second-order valence-electron chi connectivity index (χ2n) is 5.79. The van der Waals surface area contributed by atoms with E-state index in [-0.39, 0.29) is 18.2 Å². The van der Waals surface area contributed by atoms with E-state index in [0.717, 1.165) is 12.8 Å². The first-order chi connectivity index (χ1) is 9.13. The summed E-state index contributed by atoms with van der Waals surface area (Å²) in [6, 6.07) is 0. The van der Waals surface area contributed by atoms with E-state index >= 15 is 0 Å². The minimum atomic E-state index is -0.787. The van der Waals surface area contributed by atoms with Gasteiger partial charge in [-0.2, -0.15) is 0 Å². The maximum atomic E-state index is 10.9. The van der Waals surface area contributed by atoms with E-state index in [1.54, 1.807) is 7.11 Å². The third-order valence-corrected chi connectivity index (χ3v) is 4.29. The van der Waals surface area contributed by atoms with Gasteiger partial charge in [0.15, 0.2) is 0 Å². The fourth-order valence-corrected chi connectivity index (χ4v) is 3.35. The quantitative estimate of drug-likeness (QED) is 0.760. The molecule has 1 heterocycles. The summed E-state index contributed by atoms with van der Waals surface area (Å²) in [6.07, 6.45) is 7.30. The zero-order chi connectivity index (χ0) is 13.7. The van der Waals surface area contributed by atoms with E-state index in [2.05, 4.69) is 0 Å². The predicted molar refractivity (Wildman–Crippen MR) is 71.3 cm³/mol. The van der Waals surface area contributed by atoms with Gasteiger partial charge in [0.1, 0.15) is 0 Å². The van der Waals surface area contributed by atoms with Crippen LogP contribution in [0.4, 0.5) is 0 Å². The number of carbonyl (C=O) groups is 1. The van der Waals surface area contributed by atoms with Crippen LogP contribution in [0.3, 0.4) is 0 Å². The van der Waals surface area contributed by atoms with E-state index in [0.29, 0.717) is 19.7 Å². The van der Waals surface area contributed by atoms with Crippen LogP contribution in [-0.4, -0.2) is 61.0 Å². The van der Waals surface area contributed by atoms with Gasteiger partial charge in [-0.1, -0.05) is 12.8 Å². The van der Waals surface area contributed by atoms with Crippen LogP contribution < -0.4 is 0 Å². The molecule has 0 amide bonds. The van der Waals surface area contributed by atoms with Crippen molar-refractivity contribution in [1.29, 1.82) is 0 Å². The second-order valence-corrected chi connectivity index (χ2v) is 5.79. The molecule has 110 valence electrons. The number of carboxylic acid groups (broad SMARTS) is 1. The SMILES string of the molecule is COCCN(CC(=O)O)CC1CCC2(CCCC2)O1.